The minimum Gasteiger partial charge on any atom is -0.315 e. The zero-order chi connectivity index (χ0) is 11.8. The maximum absolute atomic E-state index is 3.57. The lowest BCUT2D eigenvalue weighted by Gasteiger charge is -2.40. The van der Waals surface area contributed by atoms with Crippen molar-refractivity contribution in [1.82, 2.24) is 10.2 Å². The Hall–Kier alpha value is -0.380. The molecule has 2 aliphatic heterocycles. The van der Waals surface area contributed by atoms with Crippen molar-refractivity contribution in [2.75, 3.05) is 19.6 Å². The van der Waals surface area contributed by atoms with Crippen molar-refractivity contribution in [1.29, 1.82) is 0 Å². The predicted octanol–water partition coefficient (Wildman–Crippen LogP) is 2.67. The van der Waals surface area contributed by atoms with Crippen LogP contribution in [0.2, 0.25) is 0 Å². The Morgan fingerprint density at radius 3 is 3.18 bits per heavy atom. The van der Waals surface area contributed by atoms with Gasteiger partial charge in [-0.05, 0) is 42.8 Å². The van der Waals surface area contributed by atoms with Gasteiger partial charge >= 0.3 is 0 Å². The Morgan fingerprint density at radius 1 is 1.47 bits per heavy atom. The molecule has 3 heterocycles. The fourth-order valence-electron chi connectivity index (χ4n) is 3.51. The van der Waals surface area contributed by atoms with Crippen LogP contribution in [0.1, 0.15) is 36.8 Å². The number of hydrogen-bond acceptors (Lipinski definition) is 3. The number of nitrogens with zero attached hydrogens (tertiary/aromatic N) is 1. The Morgan fingerprint density at radius 2 is 2.35 bits per heavy atom. The van der Waals surface area contributed by atoms with Crippen LogP contribution in [0.3, 0.4) is 0 Å². The number of rotatable bonds is 2. The van der Waals surface area contributed by atoms with Crippen LogP contribution in [0, 0.1) is 5.92 Å². The predicted molar refractivity (Wildman–Crippen MR) is 73.6 cm³/mol. The molecular weight excluding hydrogens is 228 g/mol. The molecule has 94 valence electrons. The largest absolute Gasteiger partial charge is 0.315 e. The molecule has 1 N–H and O–H groups in total. The van der Waals surface area contributed by atoms with Gasteiger partial charge in [-0.1, -0.05) is 13.3 Å². The highest BCUT2D eigenvalue weighted by atomic mass is 32.1. The van der Waals surface area contributed by atoms with E-state index >= 15 is 0 Å². The molecule has 0 spiro atoms. The molecule has 0 bridgehead atoms. The van der Waals surface area contributed by atoms with Crippen molar-refractivity contribution in [3.05, 3.63) is 21.9 Å². The number of nitrogens with one attached hydrogen (secondary N) is 1. The van der Waals surface area contributed by atoms with Crippen molar-refractivity contribution >= 4 is 11.3 Å². The van der Waals surface area contributed by atoms with Crippen LogP contribution in [0.25, 0.3) is 0 Å². The second kappa shape index (κ2) is 4.71. The van der Waals surface area contributed by atoms with Crippen LogP contribution >= 0.6 is 11.3 Å². The fraction of sp³-hybridized carbons (Fsp3) is 0.714. The van der Waals surface area contributed by atoms with Crippen molar-refractivity contribution in [3.63, 3.8) is 0 Å². The molecular formula is C14H22N2S. The molecule has 0 saturated carbocycles. The summed E-state index contributed by atoms with van der Waals surface area (Å²) in [6.07, 6.45) is 2.56. The zero-order valence-corrected chi connectivity index (χ0v) is 11.6. The molecule has 3 heteroatoms. The van der Waals surface area contributed by atoms with E-state index in [1.807, 2.05) is 11.3 Å². The molecule has 17 heavy (non-hydrogen) atoms. The highest BCUT2D eigenvalue weighted by Crippen LogP contribution is 2.36. The first-order valence-electron chi connectivity index (χ1n) is 6.84. The molecule has 1 aromatic heterocycles. The van der Waals surface area contributed by atoms with Crippen molar-refractivity contribution in [3.8, 4) is 0 Å². The van der Waals surface area contributed by atoms with Gasteiger partial charge in [-0.15, -0.1) is 11.3 Å². The monoisotopic (exact) mass is 250 g/mol. The summed E-state index contributed by atoms with van der Waals surface area (Å²) in [6, 6.07) is 3.70. The lowest BCUT2D eigenvalue weighted by molar-refractivity contribution is 0.115. The minimum atomic E-state index is 0.615. The maximum atomic E-state index is 3.57. The van der Waals surface area contributed by atoms with Gasteiger partial charge in [-0.3, -0.25) is 4.90 Å². The smallest absolute Gasteiger partial charge is 0.0334 e. The lowest BCUT2D eigenvalue weighted by atomic mass is 9.93. The third-order valence-corrected chi connectivity index (χ3v) is 5.58. The van der Waals surface area contributed by atoms with Gasteiger partial charge in [-0.25, -0.2) is 0 Å². The summed E-state index contributed by atoms with van der Waals surface area (Å²) in [5.74, 6) is 0.845. The molecule has 3 rings (SSSR count). The third kappa shape index (κ3) is 1.94. The third-order valence-electron chi connectivity index (χ3n) is 4.58. The van der Waals surface area contributed by atoms with Crippen molar-refractivity contribution in [2.45, 2.75) is 38.8 Å². The molecule has 0 radical (unpaired) electrons. The van der Waals surface area contributed by atoms with Crippen molar-refractivity contribution in [2.24, 2.45) is 5.92 Å². The maximum Gasteiger partial charge on any atom is 0.0334 e. The van der Waals surface area contributed by atoms with E-state index in [1.54, 1.807) is 10.4 Å². The average Bonchev–Trinajstić information content (AvgIpc) is 2.97. The van der Waals surface area contributed by atoms with Crippen LogP contribution in [0.5, 0.6) is 0 Å². The minimum absolute atomic E-state index is 0.615. The van der Waals surface area contributed by atoms with Gasteiger partial charge in [0.1, 0.15) is 0 Å². The Bertz CT molecular complexity index is 387. The summed E-state index contributed by atoms with van der Waals surface area (Å²) in [5, 5.41) is 5.83. The van der Waals surface area contributed by atoms with E-state index in [0.717, 1.165) is 12.0 Å². The Labute approximate surface area is 108 Å². The highest BCUT2D eigenvalue weighted by molar-refractivity contribution is 7.10. The summed E-state index contributed by atoms with van der Waals surface area (Å²) >= 11 is 1.94. The summed E-state index contributed by atoms with van der Waals surface area (Å²) in [7, 11) is 0. The zero-order valence-electron chi connectivity index (χ0n) is 10.8. The van der Waals surface area contributed by atoms with E-state index in [9.17, 15) is 0 Å². The van der Waals surface area contributed by atoms with E-state index in [1.165, 1.54) is 32.5 Å². The normalized spacial score (nSPS) is 33.9. The SMILES string of the molecule is CCC1CNCC1N1CCc2sccc2C1C. The quantitative estimate of drug-likeness (QED) is 0.868. The molecule has 3 atom stereocenters. The van der Waals surface area contributed by atoms with Crippen LogP contribution < -0.4 is 5.32 Å². The van der Waals surface area contributed by atoms with Crippen molar-refractivity contribution < 1.29 is 0 Å². The van der Waals surface area contributed by atoms with E-state index in [2.05, 4.69) is 35.5 Å². The molecule has 1 aromatic rings. The van der Waals surface area contributed by atoms with Gasteiger partial charge < -0.3 is 5.32 Å². The van der Waals surface area contributed by atoms with E-state index in [0.29, 0.717) is 6.04 Å². The molecule has 1 saturated heterocycles. The summed E-state index contributed by atoms with van der Waals surface area (Å²) in [6.45, 7) is 8.35. The van der Waals surface area contributed by atoms with Gasteiger partial charge in [-0.2, -0.15) is 0 Å². The topological polar surface area (TPSA) is 15.3 Å². The van der Waals surface area contributed by atoms with E-state index in [-0.39, 0.29) is 0 Å². The highest BCUT2D eigenvalue weighted by Gasteiger charge is 2.36. The average molecular weight is 250 g/mol. The number of fused-ring (bicyclic) bond motifs is 1. The van der Waals surface area contributed by atoms with Crippen LogP contribution in [-0.2, 0) is 6.42 Å². The van der Waals surface area contributed by atoms with Crippen LogP contribution in [0.4, 0.5) is 0 Å². The van der Waals surface area contributed by atoms with Gasteiger partial charge in [0, 0.05) is 30.1 Å². The van der Waals surface area contributed by atoms with E-state index in [4.69, 9.17) is 0 Å². The van der Waals surface area contributed by atoms with Crippen LogP contribution in [-0.4, -0.2) is 30.6 Å². The molecule has 0 amide bonds. The Kier molecular flexibility index (Phi) is 3.24. The van der Waals surface area contributed by atoms with E-state index < -0.39 is 0 Å². The second-order valence-electron chi connectivity index (χ2n) is 5.36. The standard InChI is InChI=1S/C14H22N2S/c1-3-11-8-15-9-13(11)16-6-4-14-12(10(16)2)5-7-17-14/h5,7,10-11,13,15H,3-4,6,8-9H2,1-2H3. The van der Waals surface area contributed by atoms with Gasteiger partial charge in [0.15, 0.2) is 0 Å². The molecule has 0 aliphatic carbocycles. The first-order valence-corrected chi connectivity index (χ1v) is 7.72. The van der Waals surface area contributed by atoms with Gasteiger partial charge in [0.25, 0.3) is 0 Å². The number of thiophene rings is 1. The second-order valence-corrected chi connectivity index (χ2v) is 6.36. The summed E-state index contributed by atoms with van der Waals surface area (Å²) < 4.78 is 0. The Balaban J connectivity index is 1.81. The first kappa shape index (κ1) is 11.7. The molecule has 0 aromatic carbocycles. The summed E-state index contributed by atoms with van der Waals surface area (Å²) in [5.41, 5.74) is 1.59. The summed E-state index contributed by atoms with van der Waals surface area (Å²) in [4.78, 5) is 4.36. The molecule has 2 nitrogen and oxygen atoms in total. The number of hydrogen-bond donors (Lipinski definition) is 1. The first-order chi connectivity index (χ1) is 8.31. The fourth-order valence-corrected chi connectivity index (χ4v) is 4.47. The van der Waals surface area contributed by atoms with Gasteiger partial charge in [0.05, 0.1) is 0 Å². The lowest BCUT2D eigenvalue weighted by Crippen LogP contribution is -2.45. The van der Waals surface area contributed by atoms with Gasteiger partial charge in [0.2, 0.25) is 0 Å². The molecule has 3 unspecified atom stereocenters. The molecule has 2 aliphatic rings. The van der Waals surface area contributed by atoms with Crippen LogP contribution in [0.15, 0.2) is 11.4 Å². The molecule has 1 fully saturated rings.